The lowest BCUT2D eigenvalue weighted by atomic mass is 10.1. The van der Waals surface area contributed by atoms with Gasteiger partial charge in [-0.15, -0.1) is 0 Å². The van der Waals surface area contributed by atoms with Crippen LogP contribution in [0.4, 0.5) is 8.78 Å². The third-order valence-electron chi connectivity index (χ3n) is 1.94. The molecule has 0 aromatic carbocycles. The Hall–Kier alpha value is -1.30. The molecule has 1 aromatic rings. The first kappa shape index (κ1) is 13.8. The second-order valence-corrected chi connectivity index (χ2v) is 4.18. The van der Waals surface area contributed by atoms with Gasteiger partial charge in [-0.1, -0.05) is 0 Å². The van der Waals surface area contributed by atoms with Crippen molar-refractivity contribution >= 4 is 28.6 Å². The van der Waals surface area contributed by atoms with Crippen LogP contribution in [0.15, 0.2) is 6.07 Å². The van der Waals surface area contributed by atoms with E-state index in [-0.39, 0.29) is 17.7 Å². The van der Waals surface area contributed by atoms with E-state index < -0.39 is 18.1 Å². The van der Waals surface area contributed by atoms with Gasteiger partial charge in [0.2, 0.25) is 0 Å². The monoisotopic (exact) mass is 352 g/mol. The predicted octanol–water partition coefficient (Wildman–Crippen LogP) is 2.21. The Morgan fingerprint density at radius 2 is 2.35 bits per heavy atom. The summed E-state index contributed by atoms with van der Waals surface area (Å²) in [6.45, 7) is 0. The largest absolute Gasteiger partial charge is 0.469 e. The number of pyridine rings is 1. The van der Waals surface area contributed by atoms with E-state index in [1.54, 1.807) is 6.07 Å². The molecule has 4 nitrogen and oxygen atoms in total. The molecule has 1 aromatic heterocycles. The van der Waals surface area contributed by atoms with Crippen molar-refractivity contribution in [3.05, 3.63) is 26.6 Å². The zero-order chi connectivity index (χ0) is 13.0. The summed E-state index contributed by atoms with van der Waals surface area (Å²) in [6.07, 6.45) is -3.04. The fraction of sp³-hybridized carbons (Fsp3) is 0.300. The lowest BCUT2D eigenvalue weighted by Gasteiger charge is -2.07. The molecule has 0 bridgehead atoms. The standard InChI is InChI=1S/C10H7F2IN2O2/c1-17-8(16)3-7-6(13)2-5(4-14)9(15-7)10(11)12/h2,10H,3H2,1H3. The summed E-state index contributed by atoms with van der Waals surface area (Å²) in [5, 5.41) is 8.69. The lowest BCUT2D eigenvalue weighted by molar-refractivity contribution is -0.139. The maximum Gasteiger partial charge on any atom is 0.311 e. The molecule has 1 rings (SSSR count). The number of nitriles is 1. The number of alkyl halides is 2. The van der Waals surface area contributed by atoms with Crippen molar-refractivity contribution < 1.29 is 18.3 Å². The summed E-state index contributed by atoms with van der Waals surface area (Å²) in [6, 6.07) is 2.93. The highest BCUT2D eigenvalue weighted by molar-refractivity contribution is 14.1. The number of hydrogen-bond acceptors (Lipinski definition) is 4. The van der Waals surface area contributed by atoms with Gasteiger partial charge in [0.15, 0.2) is 0 Å². The van der Waals surface area contributed by atoms with Gasteiger partial charge in [0.1, 0.15) is 11.8 Å². The molecule has 0 aliphatic carbocycles. The molecule has 0 unspecified atom stereocenters. The average Bonchev–Trinajstić information content (AvgIpc) is 2.30. The minimum Gasteiger partial charge on any atom is -0.469 e. The van der Waals surface area contributed by atoms with Crippen molar-refractivity contribution in [3.8, 4) is 6.07 Å². The van der Waals surface area contributed by atoms with Gasteiger partial charge >= 0.3 is 5.97 Å². The zero-order valence-electron chi connectivity index (χ0n) is 8.71. The number of carbonyl (C=O) groups excluding carboxylic acids is 1. The molecular weight excluding hydrogens is 345 g/mol. The Balaban J connectivity index is 3.21. The number of methoxy groups -OCH3 is 1. The van der Waals surface area contributed by atoms with Crippen LogP contribution in [-0.4, -0.2) is 18.1 Å². The van der Waals surface area contributed by atoms with Crippen LogP contribution in [0, 0.1) is 14.9 Å². The quantitative estimate of drug-likeness (QED) is 0.618. The van der Waals surface area contributed by atoms with E-state index in [4.69, 9.17) is 5.26 Å². The van der Waals surface area contributed by atoms with E-state index in [0.29, 0.717) is 3.57 Å². The van der Waals surface area contributed by atoms with E-state index in [1.165, 1.54) is 13.2 Å². The van der Waals surface area contributed by atoms with Crippen LogP contribution in [0.3, 0.4) is 0 Å². The van der Waals surface area contributed by atoms with Crippen molar-refractivity contribution in [2.75, 3.05) is 7.11 Å². The Labute approximate surface area is 110 Å². The first-order valence-electron chi connectivity index (χ1n) is 4.44. The maximum atomic E-state index is 12.6. The van der Waals surface area contributed by atoms with Crippen LogP contribution < -0.4 is 0 Å². The molecule has 0 saturated heterocycles. The SMILES string of the molecule is COC(=O)Cc1nc(C(F)F)c(C#N)cc1I. The van der Waals surface area contributed by atoms with Crippen LogP contribution in [-0.2, 0) is 16.0 Å². The molecule has 0 fully saturated rings. The van der Waals surface area contributed by atoms with Gasteiger partial charge < -0.3 is 4.74 Å². The van der Waals surface area contributed by atoms with E-state index in [1.807, 2.05) is 22.6 Å². The zero-order valence-corrected chi connectivity index (χ0v) is 10.9. The number of carbonyl (C=O) groups is 1. The third kappa shape index (κ3) is 3.33. The second kappa shape index (κ2) is 5.86. The van der Waals surface area contributed by atoms with Crippen LogP contribution in [0.25, 0.3) is 0 Å². The summed E-state index contributed by atoms with van der Waals surface area (Å²) in [4.78, 5) is 14.7. The number of ether oxygens (including phenoxy) is 1. The normalized spacial score (nSPS) is 10.1. The van der Waals surface area contributed by atoms with Crippen LogP contribution in [0.5, 0.6) is 0 Å². The van der Waals surface area contributed by atoms with Crippen LogP contribution in [0.2, 0.25) is 0 Å². The number of esters is 1. The highest BCUT2D eigenvalue weighted by Crippen LogP contribution is 2.24. The van der Waals surface area contributed by atoms with E-state index in [0.717, 1.165) is 0 Å². The first-order valence-corrected chi connectivity index (χ1v) is 5.51. The summed E-state index contributed by atoms with van der Waals surface area (Å²) in [5.41, 5.74) is -0.600. The molecule has 0 aliphatic heterocycles. The molecule has 0 spiro atoms. The van der Waals surface area contributed by atoms with Crippen LogP contribution in [0.1, 0.15) is 23.4 Å². The molecule has 90 valence electrons. The lowest BCUT2D eigenvalue weighted by Crippen LogP contribution is -2.10. The number of nitrogens with zero attached hydrogens (tertiary/aromatic N) is 2. The van der Waals surface area contributed by atoms with Gasteiger partial charge in [0, 0.05) is 3.57 Å². The van der Waals surface area contributed by atoms with Crippen molar-refractivity contribution in [1.82, 2.24) is 4.98 Å². The molecule has 0 N–H and O–H groups in total. The Morgan fingerprint density at radius 1 is 1.71 bits per heavy atom. The minimum atomic E-state index is -2.85. The van der Waals surface area contributed by atoms with Crippen LogP contribution >= 0.6 is 22.6 Å². The topological polar surface area (TPSA) is 63.0 Å². The highest BCUT2D eigenvalue weighted by Gasteiger charge is 2.19. The fourth-order valence-corrected chi connectivity index (χ4v) is 1.75. The molecule has 17 heavy (non-hydrogen) atoms. The summed E-state index contributed by atoms with van der Waals surface area (Å²) >= 11 is 1.83. The molecule has 0 aliphatic rings. The molecule has 7 heteroatoms. The summed E-state index contributed by atoms with van der Waals surface area (Å²) in [7, 11) is 1.20. The van der Waals surface area contributed by atoms with Crippen molar-refractivity contribution in [1.29, 1.82) is 5.26 Å². The van der Waals surface area contributed by atoms with Gasteiger partial charge in [0.25, 0.3) is 6.43 Å². The molecule has 0 amide bonds. The van der Waals surface area contributed by atoms with Crippen molar-refractivity contribution in [2.24, 2.45) is 0 Å². The number of aromatic nitrogens is 1. The second-order valence-electron chi connectivity index (χ2n) is 3.02. The van der Waals surface area contributed by atoms with Gasteiger partial charge in [0.05, 0.1) is 24.8 Å². The van der Waals surface area contributed by atoms with E-state index >= 15 is 0 Å². The van der Waals surface area contributed by atoms with Gasteiger partial charge in [-0.3, -0.25) is 4.79 Å². The Kier molecular flexibility index (Phi) is 4.74. The predicted molar refractivity (Wildman–Crippen MR) is 62.3 cm³/mol. The first-order chi connectivity index (χ1) is 7.99. The number of hydrogen-bond donors (Lipinski definition) is 0. The molecular formula is C10H7F2IN2O2. The third-order valence-corrected chi connectivity index (χ3v) is 2.88. The summed E-state index contributed by atoms with van der Waals surface area (Å²) in [5.74, 6) is -0.569. The fourth-order valence-electron chi connectivity index (χ4n) is 1.13. The van der Waals surface area contributed by atoms with Gasteiger partial charge in [-0.25, -0.2) is 13.8 Å². The van der Waals surface area contributed by atoms with Gasteiger partial charge in [-0.2, -0.15) is 5.26 Å². The molecule has 0 saturated carbocycles. The van der Waals surface area contributed by atoms with Crippen molar-refractivity contribution in [2.45, 2.75) is 12.8 Å². The number of halogens is 3. The average molecular weight is 352 g/mol. The van der Waals surface area contributed by atoms with Crippen molar-refractivity contribution in [3.63, 3.8) is 0 Å². The maximum absolute atomic E-state index is 12.6. The van der Waals surface area contributed by atoms with Gasteiger partial charge in [-0.05, 0) is 28.7 Å². The summed E-state index contributed by atoms with van der Waals surface area (Å²) < 4.78 is 30.1. The number of rotatable bonds is 3. The Morgan fingerprint density at radius 3 is 2.82 bits per heavy atom. The smallest absolute Gasteiger partial charge is 0.311 e. The van der Waals surface area contributed by atoms with E-state index in [2.05, 4.69) is 9.72 Å². The molecule has 0 atom stereocenters. The Bertz CT molecular complexity index is 486. The minimum absolute atomic E-state index is 0.182. The molecule has 0 radical (unpaired) electrons. The van der Waals surface area contributed by atoms with E-state index in [9.17, 15) is 13.6 Å². The highest BCUT2D eigenvalue weighted by atomic mass is 127. The molecule has 1 heterocycles.